The highest BCUT2D eigenvalue weighted by atomic mass is 35.5. The summed E-state index contributed by atoms with van der Waals surface area (Å²) in [5.74, 6) is -0.438. The van der Waals surface area contributed by atoms with Crippen LogP contribution < -0.4 is 0 Å². The molecule has 1 aliphatic rings. The Morgan fingerprint density at radius 1 is 1.55 bits per heavy atom. The molecule has 1 aromatic rings. The van der Waals surface area contributed by atoms with Crippen LogP contribution in [-0.2, 0) is 0 Å². The second-order valence-electron chi connectivity index (χ2n) is 4.10. The van der Waals surface area contributed by atoms with E-state index in [1.165, 1.54) is 34.9 Å². The van der Waals surface area contributed by atoms with E-state index in [4.69, 9.17) is 11.6 Å². The fourth-order valence-electron chi connectivity index (χ4n) is 1.93. The molecule has 6 nitrogen and oxygen atoms in total. The standard InChI is InChI=1S/C12H12ClN3O3S/c1-20-12-14-5-2-6-15(12)11(17)9-7-8(13)3-4-10(9)16(18)19/h3-4,7H,2,5-6H2,1H3. The number of halogens is 1. The van der Waals surface area contributed by atoms with Gasteiger partial charge in [0.1, 0.15) is 5.56 Å². The molecule has 106 valence electrons. The fourth-order valence-corrected chi connectivity index (χ4v) is 2.72. The van der Waals surface area contributed by atoms with Crippen LogP contribution in [0.25, 0.3) is 0 Å². The van der Waals surface area contributed by atoms with Crippen LogP contribution in [0.3, 0.4) is 0 Å². The molecule has 0 fully saturated rings. The van der Waals surface area contributed by atoms with Gasteiger partial charge in [0.05, 0.1) is 4.92 Å². The third kappa shape index (κ3) is 2.94. The summed E-state index contributed by atoms with van der Waals surface area (Å²) >= 11 is 7.19. The van der Waals surface area contributed by atoms with E-state index in [1.807, 2.05) is 6.26 Å². The number of nitrogens with zero attached hydrogens (tertiary/aromatic N) is 3. The van der Waals surface area contributed by atoms with Gasteiger partial charge in [0.15, 0.2) is 5.17 Å². The summed E-state index contributed by atoms with van der Waals surface area (Å²) in [6, 6.07) is 3.97. The fraction of sp³-hybridized carbons (Fsp3) is 0.333. The van der Waals surface area contributed by atoms with Gasteiger partial charge < -0.3 is 0 Å². The van der Waals surface area contributed by atoms with Gasteiger partial charge in [-0.3, -0.25) is 24.8 Å². The van der Waals surface area contributed by atoms with Crippen LogP contribution in [0.15, 0.2) is 23.2 Å². The number of thioether (sulfide) groups is 1. The summed E-state index contributed by atoms with van der Waals surface area (Å²) in [7, 11) is 0. The summed E-state index contributed by atoms with van der Waals surface area (Å²) in [5.41, 5.74) is -0.253. The van der Waals surface area contributed by atoms with Crippen LogP contribution in [0.5, 0.6) is 0 Å². The predicted molar refractivity (Wildman–Crippen MR) is 79.6 cm³/mol. The van der Waals surface area contributed by atoms with E-state index < -0.39 is 10.8 Å². The van der Waals surface area contributed by atoms with E-state index in [-0.39, 0.29) is 11.3 Å². The zero-order valence-electron chi connectivity index (χ0n) is 10.7. The average molecular weight is 314 g/mol. The SMILES string of the molecule is CSC1=NCCCN1C(=O)c1cc(Cl)ccc1[N+](=O)[O-]. The van der Waals surface area contributed by atoms with Crippen LogP contribution in [0, 0.1) is 10.1 Å². The molecule has 1 aliphatic heterocycles. The lowest BCUT2D eigenvalue weighted by atomic mass is 10.1. The number of carbonyl (C=O) groups is 1. The first-order valence-electron chi connectivity index (χ1n) is 5.89. The van der Waals surface area contributed by atoms with Gasteiger partial charge in [0, 0.05) is 24.2 Å². The van der Waals surface area contributed by atoms with Gasteiger partial charge in [-0.15, -0.1) is 0 Å². The molecule has 0 radical (unpaired) electrons. The molecule has 0 bridgehead atoms. The zero-order chi connectivity index (χ0) is 14.7. The van der Waals surface area contributed by atoms with E-state index >= 15 is 0 Å². The number of carbonyl (C=O) groups excluding carboxylic acids is 1. The molecule has 0 atom stereocenters. The first-order chi connectivity index (χ1) is 9.54. The maximum Gasteiger partial charge on any atom is 0.282 e. The first kappa shape index (κ1) is 14.8. The second-order valence-corrected chi connectivity index (χ2v) is 5.31. The number of amidine groups is 1. The van der Waals surface area contributed by atoms with Gasteiger partial charge in [0.2, 0.25) is 0 Å². The highest BCUT2D eigenvalue weighted by molar-refractivity contribution is 8.13. The summed E-state index contributed by atoms with van der Waals surface area (Å²) in [4.78, 5) is 28.7. The maximum atomic E-state index is 12.5. The number of nitro groups is 1. The van der Waals surface area contributed by atoms with Crippen molar-refractivity contribution >= 4 is 40.1 Å². The second kappa shape index (κ2) is 6.23. The van der Waals surface area contributed by atoms with Crippen LogP contribution in [0.2, 0.25) is 5.02 Å². The smallest absolute Gasteiger partial charge is 0.282 e. The third-order valence-electron chi connectivity index (χ3n) is 2.83. The van der Waals surface area contributed by atoms with Gasteiger partial charge in [-0.25, -0.2) is 0 Å². The topological polar surface area (TPSA) is 75.8 Å². The minimum atomic E-state index is -0.580. The number of benzene rings is 1. The number of amides is 1. The number of hydrogen-bond acceptors (Lipinski definition) is 5. The van der Waals surface area contributed by atoms with E-state index in [0.29, 0.717) is 23.3 Å². The lowest BCUT2D eigenvalue weighted by Crippen LogP contribution is -2.39. The molecule has 0 saturated carbocycles. The minimum Gasteiger partial charge on any atom is -0.287 e. The predicted octanol–water partition coefficient (Wildman–Crippen LogP) is 2.81. The van der Waals surface area contributed by atoms with Crippen molar-refractivity contribution < 1.29 is 9.72 Å². The summed E-state index contributed by atoms with van der Waals surface area (Å²) in [5, 5.41) is 11.9. The molecule has 1 aromatic carbocycles. The summed E-state index contributed by atoms with van der Waals surface area (Å²) in [6.45, 7) is 1.17. The lowest BCUT2D eigenvalue weighted by molar-refractivity contribution is -0.385. The van der Waals surface area contributed by atoms with Gasteiger partial charge >= 0.3 is 0 Å². The molecule has 20 heavy (non-hydrogen) atoms. The Kier molecular flexibility index (Phi) is 4.61. The largest absolute Gasteiger partial charge is 0.287 e. The number of hydrogen-bond donors (Lipinski definition) is 0. The van der Waals surface area contributed by atoms with Gasteiger partial charge in [-0.2, -0.15) is 0 Å². The Morgan fingerprint density at radius 2 is 2.30 bits per heavy atom. The van der Waals surface area contributed by atoms with Gasteiger partial charge in [0.25, 0.3) is 11.6 Å². The van der Waals surface area contributed by atoms with Crippen molar-refractivity contribution in [3.05, 3.63) is 38.9 Å². The van der Waals surface area contributed by atoms with Crippen molar-refractivity contribution in [2.75, 3.05) is 19.3 Å². The van der Waals surface area contributed by atoms with Crippen LogP contribution in [0.4, 0.5) is 5.69 Å². The zero-order valence-corrected chi connectivity index (χ0v) is 12.3. The van der Waals surface area contributed by atoms with Crippen LogP contribution in [-0.4, -0.2) is 40.2 Å². The molecule has 1 amide bonds. The van der Waals surface area contributed by atoms with Gasteiger partial charge in [-0.05, 0) is 24.8 Å². The highest BCUT2D eigenvalue weighted by Gasteiger charge is 2.28. The van der Waals surface area contributed by atoms with E-state index in [2.05, 4.69) is 4.99 Å². The molecule has 0 N–H and O–H groups in total. The lowest BCUT2D eigenvalue weighted by Gasteiger charge is -2.26. The quantitative estimate of drug-likeness (QED) is 0.621. The van der Waals surface area contributed by atoms with Gasteiger partial charge in [-0.1, -0.05) is 23.4 Å². The molecule has 1 heterocycles. The average Bonchev–Trinajstić information content (AvgIpc) is 2.46. The maximum absolute atomic E-state index is 12.5. The molecule has 2 rings (SSSR count). The molecule has 0 unspecified atom stereocenters. The van der Waals surface area contributed by atoms with E-state index in [1.54, 1.807) is 0 Å². The highest BCUT2D eigenvalue weighted by Crippen LogP contribution is 2.26. The van der Waals surface area contributed by atoms with Crippen LogP contribution in [0.1, 0.15) is 16.8 Å². The minimum absolute atomic E-state index is 0.00819. The number of rotatable bonds is 2. The van der Waals surface area contributed by atoms with Crippen molar-refractivity contribution in [2.45, 2.75) is 6.42 Å². The third-order valence-corrected chi connectivity index (χ3v) is 3.78. The van der Waals surface area contributed by atoms with Crippen molar-refractivity contribution in [1.82, 2.24) is 4.90 Å². The molecule has 0 spiro atoms. The van der Waals surface area contributed by atoms with Crippen LogP contribution >= 0.6 is 23.4 Å². The summed E-state index contributed by atoms with van der Waals surface area (Å²) in [6.07, 6.45) is 2.56. The van der Waals surface area contributed by atoms with Crippen molar-refractivity contribution in [2.24, 2.45) is 4.99 Å². The monoisotopic (exact) mass is 313 g/mol. The Bertz CT molecular complexity index is 591. The van der Waals surface area contributed by atoms with E-state index in [0.717, 1.165) is 6.42 Å². The Hall–Kier alpha value is -1.60. The molecule has 0 saturated heterocycles. The number of aliphatic imine (C=N–C) groups is 1. The normalized spacial score (nSPS) is 14.9. The number of nitro benzene ring substituents is 1. The Labute approximate surface area is 125 Å². The molecule has 0 aromatic heterocycles. The van der Waals surface area contributed by atoms with Crippen molar-refractivity contribution in [3.8, 4) is 0 Å². The van der Waals surface area contributed by atoms with E-state index in [9.17, 15) is 14.9 Å². The Balaban J connectivity index is 2.42. The molecule has 0 aliphatic carbocycles. The van der Waals surface area contributed by atoms with Crippen molar-refractivity contribution in [1.29, 1.82) is 0 Å². The Morgan fingerprint density at radius 3 is 2.95 bits per heavy atom. The van der Waals surface area contributed by atoms with Crippen molar-refractivity contribution in [3.63, 3.8) is 0 Å². The molecular formula is C12H12ClN3O3S. The molecule has 8 heteroatoms. The molecular weight excluding hydrogens is 302 g/mol. The first-order valence-corrected chi connectivity index (χ1v) is 7.49. The summed E-state index contributed by atoms with van der Waals surface area (Å²) < 4.78 is 0.